The second-order valence-electron chi connectivity index (χ2n) is 6.68. The van der Waals surface area contributed by atoms with Crippen LogP contribution in [-0.4, -0.2) is 16.0 Å². The van der Waals surface area contributed by atoms with E-state index in [9.17, 15) is 0 Å². The first-order valence-corrected chi connectivity index (χ1v) is 9.61. The molecule has 0 bridgehead atoms. The molecule has 4 heteroatoms. The zero-order valence-electron chi connectivity index (χ0n) is 13.6. The fourth-order valence-corrected chi connectivity index (χ4v) is 3.83. The largest absolute Gasteiger partial charge is 0.367 e. The molecule has 1 aromatic heterocycles. The molecule has 0 radical (unpaired) electrons. The van der Waals surface area contributed by atoms with Crippen LogP contribution in [0.4, 0.5) is 5.82 Å². The van der Waals surface area contributed by atoms with Gasteiger partial charge in [-0.3, -0.25) is 0 Å². The summed E-state index contributed by atoms with van der Waals surface area (Å²) in [6.45, 7) is 2.12. The Hall–Kier alpha value is -1.55. The van der Waals surface area contributed by atoms with Gasteiger partial charge in [-0.25, -0.2) is 9.97 Å². The maximum absolute atomic E-state index is 4.85. The van der Waals surface area contributed by atoms with Crippen LogP contribution in [0, 0.1) is 6.92 Å². The summed E-state index contributed by atoms with van der Waals surface area (Å²) in [6, 6.07) is 9.38. The molecule has 120 valence electrons. The number of hydrogen-bond acceptors (Lipinski definition) is 4. The van der Waals surface area contributed by atoms with Gasteiger partial charge in [-0.05, 0) is 51.0 Å². The number of thioether (sulfide) groups is 1. The fourth-order valence-electron chi connectivity index (χ4n) is 3.01. The predicted molar refractivity (Wildman–Crippen MR) is 96.1 cm³/mol. The zero-order valence-corrected chi connectivity index (χ0v) is 14.5. The number of benzene rings is 1. The molecule has 2 aliphatic carbocycles. The van der Waals surface area contributed by atoms with Crippen LogP contribution in [0.2, 0.25) is 0 Å². The highest BCUT2D eigenvalue weighted by molar-refractivity contribution is 7.98. The molecular weight excluding hydrogens is 302 g/mol. The van der Waals surface area contributed by atoms with Crippen molar-refractivity contribution in [2.24, 2.45) is 0 Å². The monoisotopic (exact) mass is 325 g/mol. The van der Waals surface area contributed by atoms with Gasteiger partial charge in [0.05, 0.1) is 5.69 Å². The Bertz CT molecular complexity index is 693. The van der Waals surface area contributed by atoms with Gasteiger partial charge in [0.1, 0.15) is 5.82 Å². The molecule has 1 fully saturated rings. The molecule has 3 nitrogen and oxygen atoms in total. The summed E-state index contributed by atoms with van der Waals surface area (Å²) in [6.07, 6.45) is 7.33. The third-order valence-corrected chi connectivity index (χ3v) is 5.49. The summed E-state index contributed by atoms with van der Waals surface area (Å²) in [5.74, 6) is 2.05. The van der Waals surface area contributed by atoms with Gasteiger partial charge in [0.15, 0.2) is 5.16 Å². The quantitative estimate of drug-likeness (QED) is 0.647. The van der Waals surface area contributed by atoms with Gasteiger partial charge in [0.2, 0.25) is 0 Å². The van der Waals surface area contributed by atoms with E-state index >= 15 is 0 Å². The lowest BCUT2D eigenvalue weighted by molar-refractivity contribution is 0.650. The SMILES string of the molecule is Cc1ccc(CSc2nc3c(c(NC4CC4)n2)CCCC3)cc1. The van der Waals surface area contributed by atoms with E-state index in [1.165, 1.54) is 48.1 Å². The minimum absolute atomic E-state index is 0.644. The number of nitrogens with zero attached hydrogens (tertiary/aromatic N) is 2. The molecule has 0 atom stereocenters. The predicted octanol–water partition coefficient (Wildman–Crippen LogP) is 4.53. The van der Waals surface area contributed by atoms with Crippen LogP contribution in [0.1, 0.15) is 48.1 Å². The zero-order chi connectivity index (χ0) is 15.6. The molecular formula is C19H23N3S. The Kier molecular flexibility index (Phi) is 4.25. The van der Waals surface area contributed by atoms with E-state index in [0.29, 0.717) is 6.04 Å². The number of fused-ring (bicyclic) bond motifs is 1. The highest BCUT2D eigenvalue weighted by atomic mass is 32.2. The molecule has 1 aromatic carbocycles. The van der Waals surface area contributed by atoms with Gasteiger partial charge in [-0.15, -0.1) is 0 Å². The standard InChI is InChI=1S/C19H23N3S/c1-13-6-8-14(9-7-13)12-23-19-21-17-5-3-2-4-16(17)18(22-19)20-15-10-11-15/h6-9,15H,2-5,10-12H2,1H3,(H,20,21,22). The fraction of sp³-hybridized carbons (Fsp3) is 0.474. The lowest BCUT2D eigenvalue weighted by Crippen LogP contribution is -2.14. The number of anilines is 1. The van der Waals surface area contributed by atoms with Gasteiger partial charge >= 0.3 is 0 Å². The summed E-state index contributed by atoms with van der Waals surface area (Å²) in [7, 11) is 0. The molecule has 2 aliphatic rings. The smallest absolute Gasteiger partial charge is 0.190 e. The van der Waals surface area contributed by atoms with Crippen LogP contribution < -0.4 is 5.32 Å². The van der Waals surface area contributed by atoms with Crippen molar-refractivity contribution >= 4 is 17.6 Å². The lowest BCUT2D eigenvalue weighted by Gasteiger charge is -2.19. The van der Waals surface area contributed by atoms with E-state index in [0.717, 1.165) is 29.6 Å². The normalized spacial score (nSPS) is 16.9. The maximum Gasteiger partial charge on any atom is 0.190 e. The van der Waals surface area contributed by atoms with Crippen molar-refractivity contribution in [1.29, 1.82) is 0 Å². The maximum atomic E-state index is 4.85. The van der Waals surface area contributed by atoms with Crippen molar-refractivity contribution in [1.82, 2.24) is 9.97 Å². The molecule has 0 amide bonds. The number of rotatable bonds is 5. The van der Waals surface area contributed by atoms with Crippen molar-refractivity contribution in [3.8, 4) is 0 Å². The number of aromatic nitrogens is 2. The van der Waals surface area contributed by atoms with Crippen LogP contribution in [0.5, 0.6) is 0 Å². The van der Waals surface area contributed by atoms with E-state index in [-0.39, 0.29) is 0 Å². The topological polar surface area (TPSA) is 37.8 Å². The molecule has 0 saturated heterocycles. The highest BCUT2D eigenvalue weighted by Gasteiger charge is 2.25. The number of hydrogen-bond donors (Lipinski definition) is 1. The van der Waals surface area contributed by atoms with Gasteiger partial charge in [-0.2, -0.15) is 0 Å². The van der Waals surface area contributed by atoms with E-state index in [1.54, 1.807) is 11.8 Å². The number of aryl methyl sites for hydroxylation is 2. The minimum atomic E-state index is 0.644. The van der Waals surface area contributed by atoms with Crippen LogP contribution in [0.25, 0.3) is 0 Å². The highest BCUT2D eigenvalue weighted by Crippen LogP contribution is 2.32. The average molecular weight is 325 g/mol. The number of nitrogens with one attached hydrogen (secondary N) is 1. The summed E-state index contributed by atoms with van der Waals surface area (Å²) < 4.78 is 0. The summed E-state index contributed by atoms with van der Waals surface area (Å²) in [5.41, 5.74) is 5.29. The molecule has 2 aromatic rings. The van der Waals surface area contributed by atoms with Gasteiger partial charge in [0, 0.05) is 17.4 Å². The minimum Gasteiger partial charge on any atom is -0.367 e. The molecule has 0 unspecified atom stereocenters. The molecule has 1 N–H and O–H groups in total. The second-order valence-corrected chi connectivity index (χ2v) is 7.62. The molecule has 1 heterocycles. The molecule has 0 spiro atoms. The van der Waals surface area contributed by atoms with Crippen molar-refractivity contribution < 1.29 is 0 Å². The second kappa shape index (κ2) is 6.52. The Morgan fingerprint density at radius 1 is 1.09 bits per heavy atom. The Morgan fingerprint density at radius 2 is 1.87 bits per heavy atom. The van der Waals surface area contributed by atoms with Crippen molar-refractivity contribution in [3.63, 3.8) is 0 Å². The first kappa shape index (κ1) is 15.0. The van der Waals surface area contributed by atoms with E-state index < -0.39 is 0 Å². The molecule has 1 saturated carbocycles. The Morgan fingerprint density at radius 3 is 2.65 bits per heavy atom. The average Bonchev–Trinajstić information content (AvgIpc) is 3.38. The van der Waals surface area contributed by atoms with Crippen LogP contribution in [0.3, 0.4) is 0 Å². The van der Waals surface area contributed by atoms with Crippen molar-refractivity contribution in [2.45, 2.75) is 62.4 Å². The van der Waals surface area contributed by atoms with Crippen LogP contribution in [0.15, 0.2) is 29.4 Å². The third-order valence-electron chi connectivity index (χ3n) is 4.57. The molecule has 0 aliphatic heterocycles. The Labute approximate surface area is 142 Å². The van der Waals surface area contributed by atoms with Crippen LogP contribution in [-0.2, 0) is 18.6 Å². The van der Waals surface area contributed by atoms with Crippen molar-refractivity contribution in [3.05, 3.63) is 46.6 Å². The first-order chi connectivity index (χ1) is 11.3. The van der Waals surface area contributed by atoms with Gasteiger partial charge in [-0.1, -0.05) is 41.6 Å². The summed E-state index contributed by atoms with van der Waals surface area (Å²) in [4.78, 5) is 9.69. The van der Waals surface area contributed by atoms with E-state index in [4.69, 9.17) is 9.97 Å². The van der Waals surface area contributed by atoms with Gasteiger partial charge in [0.25, 0.3) is 0 Å². The Balaban J connectivity index is 1.54. The van der Waals surface area contributed by atoms with E-state index in [1.807, 2.05) is 0 Å². The summed E-state index contributed by atoms with van der Waals surface area (Å²) in [5, 5.41) is 4.55. The van der Waals surface area contributed by atoms with Gasteiger partial charge < -0.3 is 5.32 Å². The van der Waals surface area contributed by atoms with Crippen molar-refractivity contribution in [2.75, 3.05) is 5.32 Å². The molecule has 23 heavy (non-hydrogen) atoms. The molecule has 4 rings (SSSR count). The summed E-state index contributed by atoms with van der Waals surface area (Å²) >= 11 is 1.75. The lowest BCUT2D eigenvalue weighted by atomic mass is 9.96. The third kappa shape index (κ3) is 3.69. The van der Waals surface area contributed by atoms with Crippen LogP contribution >= 0.6 is 11.8 Å². The van der Waals surface area contributed by atoms with E-state index in [2.05, 4.69) is 36.5 Å². The first-order valence-electron chi connectivity index (χ1n) is 8.62.